The Morgan fingerprint density at radius 2 is 2.17 bits per heavy atom. The highest BCUT2D eigenvalue weighted by molar-refractivity contribution is 7.09. The zero-order valence-electron chi connectivity index (χ0n) is 13.3. The van der Waals surface area contributed by atoms with Crippen molar-refractivity contribution >= 4 is 28.1 Å². The van der Waals surface area contributed by atoms with Crippen molar-refractivity contribution in [3.63, 3.8) is 0 Å². The lowest BCUT2D eigenvalue weighted by Crippen LogP contribution is -2.23. The van der Waals surface area contributed by atoms with Gasteiger partial charge in [-0.1, -0.05) is 6.07 Å². The maximum atomic E-state index is 12.1. The first-order valence-electron chi connectivity index (χ1n) is 7.65. The fourth-order valence-electron chi connectivity index (χ4n) is 2.48. The molecule has 2 heterocycles. The first-order valence-corrected chi connectivity index (χ1v) is 8.53. The van der Waals surface area contributed by atoms with Crippen molar-refractivity contribution in [3.8, 4) is 5.75 Å². The van der Waals surface area contributed by atoms with Gasteiger partial charge in [0.15, 0.2) is 0 Å². The molecule has 0 radical (unpaired) electrons. The second-order valence-electron chi connectivity index (χ2n) is 5.43. The van der Waals surface area contributed by atoms with E-state index in [2.05, 4.69) is 10.3 Å². The van der Waals surface area contributed by atoms with Crippen molar-refractivity contribution in [1.82, 2.24) is 10.3 Å². The van der Waals surface area contributed by atoms with Crippen LogP contribution in [0.1, 0.15) is 16.9 Å². The topological polar surface area (TPSA) is 71.2 Å². The van der Waals surface area contributed by atoms with Crippen LogP contribution in [-0.2, 0) is 17.8 Å². The summed E-state index contributed by atoms with van der Waals surface area (Å²) in [5.74, 6) is 0.669. The summed E-state index contributed by atoms with van der Waals surface area (Å²) in [6.45, 7) is 0.530. The number of carbonyl (C=O) groups excluding carboxylic acids is 1. The molecule has 0 spiro atoms. The van der Waals surface area contributed by atoms with Crippen molar-refractivity contribution < 1.29 is 9.53 Å². The Kier molecular flexibility index (Phi) is 4.96. The van der Waals surface area contributed by atoms with Gasteiger partial charge in [0.05, 0.1) is 13.7 Å². The van der Waals surface area contributed by atoms with Crippen LogP contribution >= 0.6 is 11.3 Å². The summed E-state index contributed by atoms with van der Waals surface area (Å²) in [6, 6.07) is 11.2. The number of benzene rings is 1. The minimum absolute atomic E-state index is 0.0615. The van der Waals surface area contributed by atoms with Gasteiger partial charge in [-0.15, -0.1) is 11.3 Å². The number of H-pyrrole nitrogens is 1. The van der Waals surface area contributed by atoms with Crippen LogP contribution in [0.5, 0.6) is 5.75 Å². The van der Waals surface area contributed by atoms with Gasteiger partial charge < -0.3 is 15.0 Å². The van der Waals surface area contributed by atoms with Crippen LogP contribution in [0.3, 0.4) is 0 Å². The Morgan fingerprint density at radius 1 is 1.29 bits per heavy atom. The zero-order valence-corrected chi connectivity index (χ0v) is 14.1. The fourth-order valence-corrected chi connectivity index (χ4v) is 3.12. The summed E-state index contributed by atoms with van der Waals surface area (Å²) in [7, 11) is 1.60. The highest BCUT2D eigenvalue weighted by Gasteiger charge is 2.08. The van der Waals surface area contributed by atoms with Gasteiger partial charge in [-0.3, -0.25) is 9.59 Å². The number of ether oxygens (including phenoxy) is 1. The molecule has 0 aliphatic carbocycles. The Balaban J connectivity index is 1.66. The number of pyridine rings is 1. The number of aryl methyl sites for hydroxylation is 1. The molecule has 0 saturated carbocycles. The van der Waals surface area contributed by atoms with Gasteiger partial charge in [0.1, 0.15) is 5.75 Å². The predicted molar refractivity (Wildman–Crippen MR) is 95.6 cm³/mol. The van der Waals surface area contributed by atoms with Crippen LogP contribution in [0.15, 0.2) is 46.6 Å². The molecule has 6 heteroatoms. The van der Waals surface area contributed by atoms with E-state index in [1.54, 1.807) is 24.5 Å². The third-order valence-electron chi connectivity index (χ3n) is 3.79. The molecule has 0 aliphatic rings. The smallest absolute Gasteiger partial charge is 0.251 e. The van der Waals surface area contributed by atoms with E-state index in [0.29, 0.717) is 18.5 Å². The second-order valence-corrected chi connectivity index (χ2v) is 6.47. The van der Waals surface area contributed by atoms with Crippen LogP contribution in [0, 0.1) is 0 Å². The van der Waals surface area contributed by atoms with E-state index in [1.807, 2.05) is 35.7 Å². The fraction of sp³-hybridized carbons (Fsp3) is 0.222. The number of amides is 1. The summed E-state index contributed by atoms with van der Waals surface area (Å²) in [5.41, 5.74) is 1.20. The van der Waals surface area contributed by atoms with Crippen molar-refractivity contribution in [1.29, 1.82) is 0 Å². The molecular formula is C18H18N2O3S. The number of hydrogen-bond donors (Lipinski definition) is 2. The molecule has 0 aliphatic heterocycles. The van der Waals surface area contributed by atoms with Gasteiger partial charge in [0, 0.05) is 27.8 Å². The maximum Gasteiger partial charge on any atom is 0.251 e. The number of fused-ring (bicyclic) bond motifs is 1. The molecule has 3 rings (SSSR count). The van der Waals surface area contributed by atoms with Gasteiger partial charge in [-0.25, -0.2) is 0 Å². The number of methoxy groups -OCH3 is 1. The Bertz CT molecular complexity index is 900. The third kappa shape index (κ3) is 3.83. The number of carbonyl (C=O) groups is 1. The monoisotopic (exact) mass is 342 g/mol. The lowest BCUT2D eigenvalue weighted by Gasteiger charge is -2.06. The summed E-state index contributed by atoms with van der Waals surface area (Å²) >= 11 is 1.61. The number of rotatable bonds is 6. The van der Waals surface area contributed by atoms with Crippen LogP contribution in [0.25, 0.3) is 10.9 Å². The summed E-state index contributed by atoms with van der Waals surface area (Å²) in [4.78, 5) is 28.0. The van der Waals surface area contributed by atoms with Gasteiger partial charge >= 0.3 is 0 Å². The molecule has 5 nitrogen and oxygen atoms in total. The van der Waals surface area contributed by atoms with E-state index < -0.39 is 0 Å². The highest BCUT2D eigenvalue weighted by Crippen LogP contribution is 2.19. The van der Waals surface area contributed by atoms with Gasteiger partial charge in [-0.05, 0) is 42.1 Å². The molecule has 0 unspecified atom stereocenters. The average Bonchev–Trinajstić information content (AvgIpc) is 3.11. The first kappa shape index (κ1) is 16.3. The molecule has 24 heavy (non-hydrogen) atoms. The third-order valence-corrected chi connectivity index (χ3v) is 4.67. The SMILES string of the molecule is COc1ccc2[nH]c(=O)c(CCC(=O)NCc3cccs3)cc2c1. The van der Waals surface area contributed by atoms with E-state index in [1.165, 1.54) is 0 Å². The molecule has 3 aromatic rings. The molecular weight excluding hydrogens is 324 g/mol. The largest absolute Gasteiger partial charge is 0.497 e. The number of nitrogens with one attached hydrogen (secondary N) is 2. The van der Waals surface area contributed by atoms with E-state index in [9.17, 15) is 9.59 Å². The Hall–Kier alpha value is -2.60. The van der Waals surface area contributed by atoms with E-state index in [-0.39, 0.29) is 17.9 Å². The number of aromatic nitrogens is 1. The molecule has 1 amide bonds. The Labute approximate surface area is 143 Å². The molecule has 0 fully saturated rings. The van der Waals surface area contributed by atoms with Crippen molar-refractivity contribution in [2.24, 2.45) is 0 Å². The molecule has 0 bridgehead atoms. The molecule has 0 atom stereocenters. The highest BCUT2D eigenvalue weighted by atomic mass is 32.1. The van der Waals surface area contributed by atoms with E-state index in [4.69, 9.17) is 4.74 Å². The molecule has 2 aromatic heterocycles. The zero-order chi connectivity index (χ0) is 16.9. The minimum Gasteiger partial charge on any atom is -0.497 e. The molecule has 2 N–H and O–H groups in total. The summed E-state index contributed by atoms with van der Waals surface area (Å²) in [5, 5.41) is 5.74. The van der Waals surface area contributed by atoms with Crippen LogP contribution in [-0.4, -0.2) is 18.0 Å². The normalized spacial score (nSPS) is 10.7. The van der Waals surface area contributed by atoms with Gasteiger partial charge in [-0.2, -0.15) is 0 Å². The van der Waals surface area contributed by atoms with Crippen molar-refractivity contribution in [2.75, 3.05) is 7.11 Å². The van der Waals surface area contributed by atoms with Crippen molar-refractivity contribution in [3.05, 3.63) is 62.6 Å². The van der Waals surface area contributed by atoms with Crippen LogP contribution in [0.4, 0.5) is 0 Å². The lowest BCUT2D eigenvalue weighted by molar-refractivity contribution is -0.121. The van der Waals surface area contributed by atoms with Gasteiger partial charge in [0.2, 0.25) is 5.91 Å². The summed E-state index contributed by atoms with van der Waals surface area (Å²) in [6.07, 6.45) is 0.683. The number of hydrogen-bond acceptors (Lipinski definition) is 4. The maximum absolute atomic E-state index is 12.1. The van der Waals surface area contributed by atoms with E-state index >= 15 is 0 Å². The minimum atomic E-state index is -0.154. The first-order chi connectivity index (χ1) is 11.7. The molecule has 124 valence electrons. The second kappa shape index (κ2) is 7.31. The average molecular weight is 342 g/mol. The predicted octanol–water partition coefficient (Wildman–Crippen LogP) is 2.85. The Morgan fingerprint density at radius 3 is 2.92 bits per heavy atom. The standard InChI is InChI=1S/C18H18N2O3S/c1-23-14-5-6-16-13(10-14)9-12(18(22)20-16)4-7-17(21)19-11-15-3-2-8-24-15/h2-3,5-6,8-10H,4,7,11H2,1H3,(H,19,21)(H,20,22). The number of aromatic amines is 1. The number of thiophene rings is 1. The van der Waals surface area contributed by atoms with Crippen molar-refractivity contribution in [2.45, 2.75) is 19.4 Å². The summed E-state index contributed by atoms with van der Waals surface area (Å²) < 4.78 is 5.20. The van der Waals surface area contributed by atoms with E-state index in [0.717, 1.165) is 21.5 Å². The molecule has 1 aromatic carbocycles. The van der Waals surface area contributed by atoms with Crippen LogP contribution in [0.2, 0.25) is 0 Å². The molecule has 0 saturated heterocycles. The van der Waals surface area contributed by atoms with Crippen LogP contribution < -0.4 is 15.6 Å². The quantitative estimate of drug-likeness (QED) is 0.723. The van der Waals surface area contributed by atoms with Gasteiger partial charge in [0.25, 0.3) is 5.56 Å². The lowest BCUT2D eigenvalue weighted by atomic mass is 10.1.